The van der Waals surface area contributed by atoms with E-state index < -0.39 is 29.7 Å². The second kappa shape index (κ2) is 9.55. The first-order valence-electron chi connectivity index (χ1n) is 9.54. The third-order valence-electron chi connectivity index (χ3n) is 4.53. The van der Waals surface area contributed by atoms with Crippen LogP contribution in [0.5, 0.6) is 0 Å². The molecule has 0 spiro atoms. The molecule has 0 saturated heterocycles. The predicted molar refractivity (Wildman–Crippen MR) is 116 cm³/mol. The van der Waals surface area contributed by atoms with Crippen molar-refractivity contribution >= 4 is 29.2 Å². The first-order valence-corrected chi connectivity index (χ1v) is 9.54. The summed E-state index contributed by atoms with van der Waals surface area (Å²) in [6.07, 6.45) is 2.55. The summed E-state index contributed by atoms with van der Waals surface area (Å²) in [6.45, 7) is 1.01. The van der Waals surface area contributed by atoms with E-state index in [1.165, 1.54) is 12.4 Å². The third kappa shape index (κ3) is 4.64. The number of benzene rings is 1. The monoisotopic (exact) mass is 439 g/mol. The quantitative estimate of drug-likeness (QED) is 0.418. The minimum atomic E-state index is -0.948. The predicted octanol–water partition coefficient (Wildman–Crippen LogP) is -0.251. The number of likely N-dealkylation sites (N-methyl/N-ethyl adjacent to an activating group) is 1. The Labute approximate surface area is 181 Å². The van der Waals surface area contributed by atoms with Crippen molar-refractivity contribution in [3.05, 3.63) is 74.8 Å². The highest BCUT2D eigenvalue weighted by Gasteiger charge is 2.25. The van der Waals surface area contributed by atoms with Crippen LogP contribution in [0, 0.1) is 0 Å². The highest BCUT2D eigenvalue weighted by Crippen LogP contribution is 2.18. The number of ether oxygens (including phenoxy) is 1. The van der Waals surface area contributed by atoms with Crippen LogP contribution in [0.25, 0.3) is 0 Å². The molecule has 5 N–H and O–H groups in total. The average molecular weight is 439 g/mol. The van der Waals surface area contributed by atoms with Gasteiger partial charge in [-0.3, -0.25) is 19.1 Å². The van der Waals surface area contributed by atoms with Gasteiger partial charge in [0.2, 0.25) is 0 Å². The Morgan fingerprint density at radius 2 is 1.81 bits per heavy atom. The van der Waals surface area contributed by atoms with Crippen LogP contribution in [0.1, 0.15) is 23.0 Å². The van der Waals surface area contributed by atoms with E-state index >= 15 is 0 Å². The van der Waals surface area contributed by atoms with E-state index in [1.54, 1.807) is 31.2 Å². The summed E-state index contributed by atoms with van der Waals surface area (Å²) in [5.74, 6) is -2.02. The molecule has 12 nitrogen and oxygen atoms in total. The topological polar surface area (TPSA) is 179 Å². The van der Waals surface area contributed by atoms with E-state index in [2.05, 4.69) is 15.0 Å². The number of carbonyl (C=O) groups is 2. The fraction of sp³-hybridized carbons (Fsp3) is 0.200. The van der Waals surface area contributed by atoms with Crippen LogP contribution in [-0.4, -0.2) is 44.5 Å². The SMILES string of the molecule is CCN(C(=O)COC(=O)c1nccnc1N)c1c(N)n(Cc2ccccc2)c(=O)[nH]c1=O. The summed E-state index contributed by atoms with van der Waals surface area (Å²) in [5, 5.41) is 0. The molecule has 12 heteroatoms. The molecule has 0 aliphatic carbocycles. The third-order valence-corrected chi connectivity index (χ3v) is 4.53. The van der Waals surface area contributed by atoms with Crippen LogP contribution < -0.4 is 27.6 Å². The molecule has 3 aromatic rings. The largest absolute Gasteiger partial charge is 0.451 e. The van der Waals surface area contributed by atoms with Crippen LogP contribution in [0.15, 0.2) is 52.3 Å². The summed E-state index contributed by atoms with van der Waals surface area (Å²) in [6, 6.07) is 8.99. The maximum absolute atomic E-state index is 12.7. The van der Waals surface area contributed by atoms with Crippen molar-refractivity contribution in [2.45, 2.75) is 13.5 Å². The van der Waals surface area contributed by atoms with Gasteiger partial charge >= 0.3 is 11.7 Å². The molecule has 3 rings (SSSR count). The Kier molecular flexibility index (Phi) is 6.63. The molecule has 2 aromatic heterocycles. The van der Waals surface area contributed by atoms with Crippen molar-refractivity contribution in [3.8, 4) is 0 Å². The molecule has 0 bridgehead atoms. The first-order chi connectivity index (χ1) is 15.3. The highest BCUT2D eigenvalue weighted by molar-refractivity contribution is 5.99. The molecule has 0 aliphatic heterocycles. The number of nitrogen functional groups attached to an aromatic ring is 2. The minimum Gasteiger partial charge on any atom is -0.451 e. The molecule has 1 aromatic carbocycles. The lowest BCUT2D eigenvalue weighted by Gasteiger charge is -2.23. The number of carbonyl (C=O) groups excluding carboxylic acids is 2. The molecule has 0 saturated carbocycles. The molecular formula is C20H21N7O5. The number of H-pyrrole nitrogens is 1. The number of hydrogen-bond donors (Lipinski definition) is 3. The van der Waals surface area contributed by atoms with Gasteiger partial charge in [0.05, 0.1) is 6.54 Å². The van der Waals surface area contributed by atoms with Crippen LogP contribution in [0.2, 0.25) is 0 Å². The van der Waals surface area contributed by atoms with Gasteiger partial charge in [0, 0.05) is 18.9 Å². The van der Waals surface area contributed by atoms with Gasteiger partial charge in [-0.25, -0.2) is 19.6 Å². The number of nitrogens with two attached hydrogens (primary N) is 2. The van der Waals surface area contributed by atoms with Gasteiger partial charge in [-0.1, -0.05) is 30.3 Å². The number of hydrogen-bond acceptors (Lipinski definition) is 9. The maximum atomic E-state index is 12.7. The summed E-state index contributed by atoms with van der Waals surface area (Å²) < 4.78 is 6.12. The second-order valence-electron chi connectivity index (χ2n) is 6.57. The minimum absolute atomic E-state index is 0.0283. The zero-order valence-corrected chi connectivity index (χ0v) is 17.1. The normalized spacial score (nSPS) is 10.5. The van der Waals surface area contributed by atoms with Crippen molar-refractivity contribution < 1.29 is 14.3 Å². The molecule has 2 heterocycles. The Balaban J connectivity index is 1.86. The van der Waals surface area contributed by atoms with Crippen LogP contribution in [0.4, 0.5) is 17.3 Å². The average Bonchev–Trinajstić information content (AvgIpc) is 2.78. The zero-order valence-electron chi connectivity index (χ0n) is 17.1. The van der Waals surface area contributed by atoms with Gasteiger partial charge in [-0.2, -0.15) is 0 Å². The number of amides is 1. The second-order valence-corrected chi connectivity index (χ2v) is 6.57. The number of esters is 1. The smallest absolute Gasteiger partial charge is 0.361 e. The van der Waals surface area contributed by atoms with Crippen molar-refractivity contribution in [1.82, 2.24) is 19.5 Å². The molecule has 0 radical (unpaired) electrons. The molecule has 0 fully saturated rings. The van der Waals surface area contributed by atoms with Gasteiger partial charge in [-0.15, -0.1) is 0 Å². The Hall–Kier alpha value is -4.48. The van der Waals surface area contributed by atoms with Gasteiger partial charge < -0.3 is 21.1 Å². The van der Waals surface area contributed by atoms with E-state index in [9.17, 15) is 19.2 Å². The van der Waals surface area contributed by atoms with Crippen LogP contribution in [-0.2, 0) is 16.1 Å². The molecular weight excluding hydrogens is 418 g/mol. The van der Waals surface area contributed by atoms with Crippen molar-refractivity contribution in [2.24, 2.45) is 0 Å². The number of anilines is 3. The summed E-state index contributed by atoms with van der Waals surface area (Å²) in [5.41, 5.74) is 10.5. The molecule has 0 unspecified atom stereocenters. The lowest BCUT2D eigenvalue weighted by atomic mass is 10.2. The summed E-state index contributed by atoms with van der Waals surface area (Å²) >= 11 is 0. The van der Waals surface area contributed by atoms with E-state index in [0.717, 1.165) is 15.0 Å². The molecule has 0 aliphatic rings. The van der Waals surface area contributed by atoms with Gasteiger partial charge in [-0.05, 0) is 12.5 Å². The lowest BCUT2D eigenvalue weighted by Crippen LogP contribution is -2.42. The van der Waals surface area contributed by atoms with Crippen molar-refractivity contribution in [1.29, 1.82) is 0 Å². The van der Waals surface area contributed by atoms with E-state index in [1.807, 2.05) is 6.07 Å². The molecule has 32 heavy (non-hydrogen) atoms. The summed E-state index contributed by atoms with van der Waals surface area (Å²) in [4.78, 5) is 60.4. The number of nitrogens with one attached hydrogen (secondary N) is 1. The van der Waals surface area contributed by atoms with Crippen LogP contribution in [0.3, 0.4) is 0 Å². The fourth-order valence-corrected chi connectivity index (χ4v) is 3.00. The highest BCUT2D eigenvalue weighted by atomic mass is 16.5. The number of rotatable bonds is 7. The number of aromatic amines is 1. The first kappa shape index (κ1) is 22.2. The Bertz CT molecular complexity index is 1250. The maximum Gasteiger partial charge on any atom is 0.361 e. The molecule has 1 amide bonds. The molecule has 166 valence electrons. The van der Waals surface area contributed by atoms with Gasteiger partial charge in [0.15, 0.2) is 23.8 Å². The molecule has 0 atom stereocenters. The van der Waals surface area contributed by atoms with E-state index in [4.69, 9.17) is 16.2 Å². The van der Waals surface area contributed by atoms with Gasteiger partial charge in [0.25, 0.3) is 11.5 Å². The Morgan fingerprint density at radius 1 is 1.12 bits per heavy atom. The lowest BCUT2D eigenvalue weighted by molar-refractivity contribution is -0.121. The fourth-order valence-electron chi connectivity index (χ4n) is 3.00. The zero-order chi connectivity index (χ0) is 23.3. The van der Waals surface area contributed by atoms with Crippen LogP contribution >= 0.6 is 0 Å². The van der Waals surface area contributed by atoms with Crippen molar-refractivity contribution in [3.63, 3.8) is 0 Å². The van der Waals surface area contributed by atoms with Gasteiger partial charge in [0.1, 0.15) is 5.82 Å². The number of aromatic nitrogens is 4. The standard InChI is InChI=1S/C20H21N7O5/c1-2-26(13(28)11-32-19(30)14-16(21)24-9-8-23-14)15-17(22)27(20(31)25-18(15)29)10-12-6-4-3-5-7-12/h3-9H,2,10-11,22H2,1H3,(H2,21,24)(H,25,29,31). The number of nitrogens with zero attached hydrogens (tertiary/aromatic N) is 4. The van der Waals surface area contributed by atoms with Crippen molar-refractivity contribution in [2.75, 3.05) is 29.5 Å². The van der Waals surface area contributed by atoms with E-state index in [0.29, 0.717) is 0 Å². The Morgan fingerprint density at radius 3 is 2.47 bits per heavy atom. The van der Waals surface area contributed by atoms with E-state index in [-0.39, 0.29) is 36.1 Å². The summed E-state index contributed by atoms with van der Waals surface area (Å²) in [7, 11) is 0.